The van der Waals surface area contributed by atoms with Crippen LogP contribution in [-0.2, 0) is 12.5 Å². The number of nitrogens with zero attached hydrogens (tertiary/aromatic N) is 2. The first kappa shape index (κ1) is 12.7. The molecule has 0 spiro atoms. The Morgan fingerprint density at radius 3 is 2.22 bits per heavy atom. The summed E-state index contributed by atoms with van der Waals surface area (Å²) in [7, 11) is 3.64. The van der Waals surface area contributed by atoms with Gasteiger partial charge in [0.05, 0.1) is 12.8 Å². The molecule has 0 saturated carbocycles. The van der Waals surface area contributed by atoms with E-state index in [0.29, 0.717) is 0 Å². The minimum Gasteiger partial charge on any atom is -0.497 e. The molecule has 0 aliphatic carbocycles. The highest BCUT2D eigenvalue weighted by atomic mass is 16.5. The molecule has 0 amide bonds. The van der Waals surface area contributed by atoms with Crippen LogP contribution in [0.3, 0.4) is 0 Å². The first-order chi connectivity index (χ1) is 8.41. The van der Waals surface area contributed by atoms with Crippen LogP contribution >= 0.6 is 0 Å². The Balaban J connectivity index is 2.49. The average Bonchev–Trinajstić information content (AvgIpc) is 2.71. The highest BCUT2D eigenvalue weighted by Crippen LogP contribution is 2.32. The summed E-state index contributed by atoms with van der Waals surface area (Å²) in [5.74, 6) is 0.868. The van der Waals surface area contributed by atoms with Crippen molar-refractivity contribution in [1.29, 1.82) is 0 Å². The maximum atomic E-state index is 5.18. The van der Waals surface area contributed by atoms with Crippen LogP contribution in [0, 0.1) is 0 Å². The largest absolute Gasteiger partial charge is 0.497 e. The molecular weight excluding hydrogens is 224 g/mol. The highest BCUT2D eigenvalue weighted by molar-refractivity contribution is 5.64. The van der Waals surface area contributed by atoms with Gasteiger partial charge in [-0.05, 0) is 29.7 Å². The summed E-state index contributed by atoms with van der Waals surface area (Å²) in [5, 5.41) is 4.58. The predicted molar refractivity (Wildman–Crippen MR) is 73.9 cm³/mol. The summed E-state index contributed by atoms with van der Waals surface area (Å²) in [6.07, 6.45) is 2.10. The maximum absolute atomic E-state index is 5.18. The van der Waals surface area contributed by atoms with Crippen LogP contribution in [0.15, 0.2) is 30.5 Å². The fraction of sp³-hybridized carbons (Fsp3) is 0.400. The van der Waals surface area contributed by atoms with Crippen LogP contribution in [0.25, 0.3) is 11.3 Å². The molecule has 0 atom stereocenters. The molecule has 0 saturated heterocycles. The summed E-state index contributed by atoms with van der Waals surface area (Å²) in [6.45, 7) is 6.62. The summed E-state index contributed by atoms with van der Waals surface area (Å²) >= 11 is 0. The molecule has 0 fully saturated rings. The van der Waals surface area contributed by atoms with Crippen LogP contribution in [0.5, 0.6) is 5.75 Å². The molecule has 0 bridgehead atoms. The molecule has 2 aromatic rings. The molecule has 1 aromatic carbocycles. The van der Waals surface area contributed by atoms with Gasteiger partial charge in [0.2, 0.25) is 0 Å². The van der Waals surface area contributed by atoms with E-state index in [4.69, 9.17) is 4.74 Å². The summed E-state index contributed by atoms with van der Waals surface area (Å²) in [4.78, 5) is 0. The standard InChI is InChI=1S/C15H20N2O/c1-15(2,3)13-10-17(4)16-14(13)11-6-8-12(18-5)9-7-11/h6-10H,1-5H3. The molecule has 1 aromatic heterocycles. The van der Waals surface area contributed by atoms with Crippen molar-refractivity contribution in [1.82, 2.24) is 9.78 Å². The van der Waals surface area contributed by atoms with E-state index in [1.54, 1.807) is 7.11 Å². The second-order valence-corrected chi connectivity index (χ2v) is 5.54. The van der Waals surface area contributed by atoms with Crippen molar-refractivity contribution in [2.45, 2.75) is 26.2 Å². The molecule has 2 rings (SSSR count). The van der Waals surface area contributed by atoms with Crippen LogP contribution in [0.1, 0.15) is 26.3 Å². The van der Waals surface area contributed by atoms with Gasteiger partial charge in [-0.2, -0.15) is 5.10 Å². The van der Waals surface area contributed by atoms with E-state index in [1.165, 1.54) is 5.56 Å². The van der Waals surface area contributed by atoms with Gasteiger partial charge in [0.25, 0.3) is 0 Å². The van der Waals surface area contributed by atoms with Gasteiger partial charge in [0, 0.05) is 24.4 Å². The van der Waals surface area contributed by atoms with Gasteiger partial charge in [-0.15, -0.1) is 0 Å². The molecule has 0 aliphatic rings. The lowest BCUT2D eigenvalue weighted by molar-refractivity contribution is 0.415. The zero-order valence-electron chi connectivity index (χ0n) is 11.7. The van der Waals surface area contributed by atoms with Crippen molar-refractivity contribution in [3.8, 4) is 17.0 Å². The van der Waals surface area contributed by atoms with Crippen molar-refractivity contribution < 1.29 is 4.74 Å². The monoisotopic (exact) mass is 244 g/mol. The van der Waals surface area contributed by atoms with Crippen molar-refractivity contribution in [2.24, 2.45) is 7.05 Å². The van der Waals surface area contributed by atoms with Gasteiger partial charge < -0.3 is 4.74 Å². The molecule has 0 radical (unpaired) electrons. The van der Waals surface area contributed by atoms with Crippen molar-refractivity contribution in [2.75, 3.05) is 7.11 Å². The fourth-order valence-electron chi connectivity index (χ4n) is 2.00. The van der Waals surface area contributed by atoms with Gasteiger partial charge >= 0.3 is 0 Å². The first-order valence-corrected chi connectivity index (χ1v) is 6.10. The lowest BCUT2D eigenvalue weighted by Crippen LogP contribution is -2.11. The molecule has 0 unspecified atom stereocenters. The number of hydrogen-bond acceptors (Lipinski definition) is 2. The third kappa shape index (κ3) is 2.40. The highest BCUT2D eigenvalue weighted by Gasteiger charge is 2.21. The summed E-state index contributed by atoms with van der Waals surface area (Å²) in [6, 6.07) is 8.04. The minimum atomic E-state index is 0.0868. The van der Waals surface area contributed by atoms with Crippen LogP contribution in [0.4, 0.5) is 0 Å². The lowest BCUT2D eigenvalue weighted by atomic mass is 9.86. The maximum Gasteiger partial charge on any atom is 0.118 e. The Labute approximate surface area is 108 Å². The zero-order chi connectivity index (χ0) is 13.3. The fourth-order valence-corrected chi connectivity index (χ4v) is 2.00. The van der Waals surface area contributed by atoms with E-state index < -0.39 is 0 Å². The Kier molecular flexibility index (Phi) is 3.16. The smallest absolute Gasteiger partial charge is 0.118 e. The number of aromatic nitrogens is 2. The summed E-state index contributed by atoms with van der Waals surface area (Å²) in [5.41, 5.74) is 3.52. The van der Waals surface area contributed by atoms with Gasteiger partial charge in [0.1, 0.15) is 5.75 Å². The number of methoxy groups -OCH3 is 1. The molecule has 3 heteroatoms. The Morgan fingerprint density at radius 1 is 1.11 bits per heavy atom. The number of hydrogen-bond donors (Lipinski definition) is 0. The molecule has 18 heavy (non-hydrogen) atoms. The SMILES string of the molecule is COc1ccc(-c2nn(C)cc2C(C)(C)C)cc1. The van der Waals surface area contributed by atoms with E-state index in [0.717, 1.165) is 17.0 Å². The van der Waals surface area contributed by atoms with E-state index in [-0.39, 0.29) is 5.41 Å². The van der Waals surface area contributed by atoms with Crippen molar-refractivity contribution in [3.63, 3.8) is 0 Å². The Hall–Kier alpha value is -1.77. The normalized spacial score (nSPS) is 11.6. The number of benzene rings is 1. The Morgan fingerprint density at radius 2 is 1.72 bits per heavy atom. The lowest BCUT2D eigenvalue weighted by Gasteiger charge is -2.18. The topological polar surface area (TPSA) is 27.1 Å². The third-order valence-corrected chi connectivity index (χ3v) is 3.00. The number of ether oxygens (including phenoxy) is 1. The quantitative estimate of drug-likeness (QED) is 0.809. The van der Waals surface area contributed by atoms with Gasteiger partial charge in [-0.3, -0.25) is 4.68 Å². The minimum absolute atomic E-state index is 0.0868. The first-order valence-electron chi connectivity index (χ1n) is 6.10. The van der Waals surface area contributed by atoms with Crippen molar-refractivity contribution in [3.05, 3.63) is 36.0 Å². The molecule has 96 valence electrons. The van der Waals surface area contributed by atoms with E-state index >= 15 is 0 Å². The van der Waals surface area contributed by atoms with Crippen molar-refractivity contribution >= 4 is 0 Å². The predicted octanol–water partition coefficient (Wildman–Crippen LogP) is 3.39. The molecule has 0 aliphatic heterocycles. The molecule has 0 N–H and O–H groups in total. The molecule has 3 nitrogen and oxygen atoms in total. The molecular formula is C15H20N2O. The molecule has 1 heterocycles. The zero-order valence-corrected chi connectivity index (χ0v) is 11.7. The van der Waals surface area contributed by atoms with Crippen LogP contribution in [0.2, 0.25) is 0 Å². The number of aryl methyl sites for hydroxylation is 1. The van der Waals surface area contributed by atoms with E-state index in [2.05, 4.69) is 44.2 Å². The van der Waals surface area contributed by atoms with E-state index in [9.17, 15) is 0 Å². The van der Waals surface area contributed by atoms with Gasteiger partial charge in [-0.1, -0.05) is 20.8 Å². The van der Waals surface area contributed by atoms with Crippen LogP contribution in [-0.4, -0.2) is 16.9 Å². The average molecular weight is 244 g/mol. The van der Waals surface area contributed by atoms with Gasteiger partial charge in [-0.25, -0.2) is 0 Å². The van der Waals surface area contributed by atoms with Gasteiger partial charge in [0.15, 0.2) is 0 Å². The van der Waals surface area contributed by atoms with E-state index in [1.807, 2.05) is 23.9 Å². The second-order valence-electron chi connectivity index (χ2n) is 5.54. The third-order valence-electron chi connectivity index (χ3n) is 3.00. The summed E-state index contributed by atoms with van der Waals surface area (Å²) < 4.78 is 7.06. The Bertz CT molecular complexity index is 533. The van der Waals surface area contributed by atoms with Crippen LogP contribution < -0.4 is 4.74 Å². The second kappa shape index (κ2) is 4.48. The number of rotatable bonds is 2.